The summed E-state index contributed by atoms with van der Waals surface area (Å²) in [7, 11) is -4.61. The van der Waals surface area contributed by atoms with Crippen LogP contribution in [0.4, 0.5) is 0 Å². The first-order chi connectivity index (χ1) is 24.7. The van der Waals surface area contributed by atoms with Crippen molar-refractivity contribution in [1.82, 2.24) is 0 Å². The van der Waals surface area contributed by atoms with Crippen LogP contribution in [0, 0.1) is 0 Å². The van der Waals surface area contributed by atoms with E-state index in [1.54, 1.807) is 0 Å². The number of carbonyl (C=O) groups is 2. The van der Waals surface area contributed by atoms with Gasteiger partial charge in [-0.2, -0.15) is 0 Å². The molecule has 3 atom stereocenters. The van der Waals surface area contributed by atoms with Gasteiger partial charge in [0.1, 0.15) is 12.7 Å². The molecule has 298 valence electrons. The highest BCUT2D eigenvalue weighted by Crippen LogP contribution is 2.43. The van der Waals surface area contributed by atoms with Crippen LogP contribution < -0.4 is 0 Å². The first-order valence-electron chi connectivity index (χ1n) is 19.9. The molecule has 0 fully saturated rings. The van der Waals surface area contributed by atoms with E-state index in [2.05, 4.69) is 54.8 Å². The molecule has 0 rings (SSSR count). The minimum absolute atomic E-state index is 0.173. The van der Waals surface area contributed by atoms with Crippen LogP contribution in [0.3, 0.4) is 0 Å². The topological polar surface area (TPSA) is 149 Å². The monoisotopic (exact) mass is 744 g/mol. The van der Waals surface area contributed by atoms with Crippen LogP contribution in [-0.4, -0.2) is 65.7 Å². The average molecular weight is 745 g/mol. The third kappa shape index (κ3) is 36.3. The highest BCUT2D eigenvalue weighted by Gasteiger charge is 2.27. The van der Waals surface area contributed by atoms with Crippen molar-refractivity contribution in [3.63, 3.8) is 0 Å². The second kappa shape index (κ2) is 36.5. The maximum Gasteiger partial charge on any atom is 0.472 e. The molecule has 3 N–H and O–H groups in total. The van der Waals surface area contributed by atoms with E-state index in [9.17, 15) is 24.2 Å². The largest absolute Gasteiger partial charge is 0.472 e. The number of esters is 2. The van der Waals surface area contributed by atoms with E-state index >= 15 is 0 Å². The Morgan fingerprint density at radius 2 is 1.04 bits per heavy atom. The predicted molar refractivity (Wildman–Crippen MR) is 205 cm³/mol. The van der Waals surface area contributed by atoms with Crippen molar-refractivity contribution in [3.8, 4) is 0 Å². The highest BCUT2D eigenvalue weighted by molar-refractivity contribution is 7.47. The van der Waals surface area contributed by atoms with Gasteiger partial charge >= 0.3 is 19.8 Å². The summed E-state index contributed by atoms with van der Waals surface area (Å²) < 4.78 is 32.6. The smallest absolute Gasteiger partial charge is 0.462 e. The van der Waals surface area contributed by atoms with Crippen LogP contribution in [0.2, 0.25) is 0 Å². The predicted octanol–water partition coefficient (Wildman–Crippen LogP) is 10.00. The van der Waals surface area contributed by atoms with Gasteiger partial charge in [0, 0.05) is 12.8 Å². The summed E-state index contributed by atoms with van der Waals surface area (Å²) in [5, 5.41) is 18.3. The van der Waals surface area contributed by atoms with Gasteiger partial charge in [0.15, 0.2) is 6.10 Å². The third-order valence-electron chi connectivity index (χ3n) is 8.27. The van der Waals surface area contributed by atoms with Crippen LogP contribution in [0.15, 0.2) is 36.5 Å². The Morgan fingerprint density at radius 1 is 0.588 bits per heavy atom. The van der Waals surface area contributed by atoms with Crippen molar-refractivity contribution >= 4 is 19.8 Å². The van der Waals surface area contributed by atoms with Gasteiger partial charge in [-0.15, -0.1) is 0 Å². The minimum Gasteiger partial charge on any atom is -0.462 e. The van der Waals surface area contributed by atoms with Gasteiger partial charge < -0.3 is 24.6 Å². The van der Waals surface area contributed by atoms with E-state index in [1.807, 2.05) is 0 Å². The van der Waals surface area contributed by atoms with Gasteiger partial charge in [-0.05, 0) is 64.2 Å². The summed E-state index contributed by atoms with van der Waals surface area (Å²) in [4.78, 5) is 34.8. The van der Waals surface area contributed by atoms with Crippen molar-refractivity contribution < 1.29 is 47.8 Å². The summed E-state index contributed by atoms with van der Waals surface area (Å²) in [5.74, 6) is -0.947. The lowest BCUT2D eigenvalue weighted by molar-refractivity contribution is -0.161. The van der Waals surface area contributed by atoms with Gasteiger partial charge in [-0.1, -0.05) is 127 Å². The van der Waals surface area contributed by atoms with Crippen molar-refractivity contribution in [1.29, 1.82) is 0 Å². The third-order valence-corrected chi connectivity index (χ3v) is 9.22. The molecule has 0 amide bonds. The quantitative estimate of drug-likeness (QED) is 0.0243. The lowest BCUT2D eigenvalue weighted by Gasteiger charge is -2.20. The molecule has 0 aromatic heterocycles. The fraction of sp³-hybridized carbons (Fsp3) is 0.800. The average Bonchev–Trinajstić information content (AvgIpc) is 3.12. The second-order valence-electron chi connectivity index (χ2n) is 13.3. The molecule has 51 heavy (non-hydrogen) atoms. The van der Waals surface area contributed by atoms with Gasteiger partial charge in [0.2, 0.25) is 0 Å². The van der Waals surface area contributed by atoms with Crippen molar-refractivity contribution in [3.05, 3.63) is 36.5 Å². The standard InChI is InChI=1S/C40H73O10P/c1-3-5-7-9-11-13-15-16-17-18-19-20-22-24-26-28-30-32-40(44)50-38(36-49-51(45,46)48-34-37(42)33-41)35-47-39(43)31-29-27-25-23-21-14-12-10-8-6-4-2/h10-13,16-17,37-38,41-42H,3-9,14-15,18-36H2,1-2H3,(H,45,46)/b12-10-,13-11-,17-16-. The van der Waals surface area contributed by atoms with Crippen molar-refractivity contribution in [2.75, 3.05) is 26.4 Å². The minimum atomic E-state index is -4.61. The van der Waals surface area contributed by atoms with Crippen LogP contribution in [0.1, 0.15) is 168 Å². The number of unbranched alkanes of at least 4 members (excludes halogenated alkanes) is 17. The Bertz CT molecular complexity index is 952. The normalized spacial score (nSPS) is 14.4. The number of allylic oxidation sites excluding steroid dienone is 6. The Balaban J connectivity index is 4.35. The summed E-state index contributed by atoms with van der Waals surface area (Å²) >= 11 is 0. The lowest BCUT2D eigenvalue weighted by atomic mass is 10.1. The molecule has 0 aliphatic carbocycles. The van der Waals surface area contributed by atoms with E-state index < -0.39 is 51.8 Å². The summed E-state index contributed by atoms with van der Waals surface area (Å²) in [6, 6.07) is 0. The molecule has 0 bridgehead atoms. The van der Waals surface area contributed by atoms with Gasteiger partial charge in [0.25, 0.3) is 0 Å². The lowest BCUT2D eigenvalue weighted by Crippen LogP contribution is -2.29. The van der Waals surface area contributed by atoms with Gasteiger partial charge in [-0.3, -0.25) is 18.6 Å². The molecule has 11 heteroatoms. The Labute approximate surface area is 310 Å². The van der Waals surface area contributed by atoms with Gasteiger partial charge in [0.05, 0.1) is 19.8 Å². The number of aliphatic hydroxyl groups is 2. The maximum atomic E-state index is 12.6. The maximum absolute atomic E-state index is 12.6. The molecule has 0 aliphatic rings. The fourth-order valence-corrected chi connectivity index (χ4v) is 5.91. The first kappa shape index (κ1) is 49.2. The molecule has 0 saturated carbocycles. The fourth-order valence-electron chi connectivity index (χ4n) is 5.12. The summed E-state index contributed by atoms with van der Waals surface area (Å²) in [6.45, 7) is 2.28. The number of rotatable bonds is 37. The number of ether oxygens (including phenoxy) is 2. The molecule has 0 aromatic rings. The number of carbonyl (C=O) groups excluding carboxylic acids is 2. The van der Waals surface area contributed by atoms with Gasteiger partial charge in [-0.25, -0.2) is 4.57 Å². The summed E-state index contributed by atoms with van der Waals surface area (Å²) in [6.07, 6.45) is 35.4. The Kier molecular flexibility index (Phi) is 35.2. The SMILES string of the molecule is CCCC/C=C\CCCCCCCC(=O)OCC(COP(=O)(O)OCC(O)CO)OC(=O)CCCCCCCCC/C=C\C/C=C\CCCCC. The molecule has 0 saturated heterocycles. The van der Waals surface area contributed by atoms with E-state index in [1.165, 1.54) is 51.4 Å². The van der Waals surface area contributed by atoms with Crippen LogP contribution >= 0.6 is 7.82 Å². The zero-order valence-electron chi connectivity index (χ0n) is 32.1. The van der Waals surface area contributed by atoms with Crippen LogP contribution in [0.25, 0.3) is 0 Å². The van der Waals surface area contributed by atoms with E-state index in [0.717, 1.165) is 77.0 Å². The number of phosphoric acid groups is 1. The molecular formula is C40H73O10P. The zero-order valence-corrected chi connectivity index (χ0v) is 33.0. The Morgan fingerprint density at radius 3 is 1.59 bits per heavy atom. The number of hydrogen-bond acceptors (Lipinski definition) is 9. The highest BCUT2D eigenvalue weighted by atomic mass is 31.2. The number of hydrogen-bond donors (Lipinski definition) is 3. The van der Waals surface area contributed by atoms with E-state index in [-0.39, 0.29) is 19.4 Å². The van der Waals surface area contributed by atoms with Crippen molar-refractivity contribution in [2.45, 2.75) is 180 Å². The first-order valence-corrected chi connectivity index (χ1v) is 21.4. The molecule has 0 radical (unpaired) electrons. The molecule has 10 nitrogen and oxygen atoms in total. The zero-order chi connectivity index (χ0) is 37.7. The molecule has 0 aliphatic heterocycles. The molecule has 0 spiro atoms. The Hall–Kier alpha value is -1.81. The van der Waals surface area contributed by atoms with Crippen LogP contribution in [-0.2, 0) is 32.7 Å². The number of phosphoric ester groups is 1. The van der Waals surface area contributed by atoms with E-state index in [4.69, 9.17) is 19.1 Å². The van der Waals surface area contributed by atoms with Crippen LogP contribution in [0.5, 0.6) is 0 Å². The molecule has 0 heterocycles. The molecule has 0 aromatic carbocycles. The second-order valence-corrected chi connectivity index (χ2v) is 14.8. The van der Waals surface area contributed by atoms with Crippen molar-refractivity contribution in [2.24, 2.45) is 0 Å². The summed E-state index contributed by atoms with van der Waals surface area (Å²) in [5.41, 5.74) is 0. The van der Waals surface area contributed by atoms with E-state index in [0.29, 0.717) is 12.8 Å². The molecular weight excluding hydrogens is 671 g/mol. The number of aliphatic hydroxyl groups excluding tert-OH is 2. The molecule has 3 unspecified atom stereocenters.